The molecule has 0 amide bonds. The van der Waals surface area contributed by atoms with Crippen molar-refractivity contribution in [2.75, 3.05) is 13.1 Å². The normalized spacial score (nSPS) is 26.5. The molecular formula is C12H23NO. The summed E-state index contributed by atoms with van der Waals surface area (Å²) in [6, 6.07) is 0.658. The first-order valence-corrected chi connectivity index (χ1v) is 5.92. The van der Waals surface area contributed by atoms with Gasteiger partial charge in [0.15, 0.2) is 0 Å². The van der Waals surface area contributed by atoms with E-state index in [1.807, 2.05) is 0 Å². The maximum Gasteiger partial charge on any atom is 0.138 e. The molecule has 14 heavy (non-hydrogen) atoms. The van der Waals surface area contributed by atoms with E-state index in [1.165, 1.54) is 19.3 Å². The molecule has 2 atom stereocenters. The minimum absolute atomic E-state index is 0.257. The van der Waals surface area contributed by atoms with Crippen LogP contribution in [0.25, 0.3) is 0 Å². The maximum atomic E-state index is 11.3. The number of piperidine rings is 1. The Kier molecular flexibility index (Phi) is 4.59. The van der Waals surface area contributed by atoms with Crippen molar-refractivity contribution >= 4 is 5.78 Å². The van der Waals surface area contributed by atoms with Crippen LogP contribution in [0.4, 0.5) is 0 Å². The summed E-state index contributed by atoms with van der Waals surface area (Å²) in [6.45, 7) is 8.53. The van der Waals surface area contributed by atoms with Crippen LogP contribution in [-0.2, 0) is 4.79 Å². The van der Waals surface area contributed by atoms with Crippen LogP contribution in [0.3, 0.4) is 0 Å². The zero-order valence-electron chi connectivity index (χ0n) is 9.75. The Morgan fingerprint density at radius 3 is 2.86 bits per heavy atom. The lowest BCUT2D eigenvalue weighted by Gasteiger charge is -2.34. The molecule has 0 spiro atoms. The summed E-state index contributed by atoms with van der Waals surface area (Å²) in [5.74, 6) is 0.705. The van der Waals surface area contributed by atoms with E-state index in [4.69, 9.17) is 0 Å². The largest absolute Gasteiger partial charge is 0.300 e. The molecule has 1 saturated heterocycles. The molecule has 0 radical (unpaired) electrons. The van der Waals surface area contributed by atoms with Crippen LogP contribution in [0.1, 0.15) is 46.5 Å². The van der Waals surface area contributed by atoms with Crippen LogP contribution in [0.5, 0.6) is 0 Å². The molecule has 0 aliphatic carbocycles. The molecule has 0 bridgehead atoms. The second kappa shape index (κ2) is 5.50. The van der Waals surface area contributed by atoms with Gasteiger partial charge >= 0.3 is 0 Å². The Morgan fingerprint density at radius 1 is 1.57 bits per heavy atom. The van der Waals surface area contributed by atoms with E-state index in [0.29, 0.717) is 11.8 Å². The summed E-state index contributed by atoms with van der Waals surface area (Å²) in [5, 5.41) is 0. The first-order valence-electron chi connectivity index (χ1n) is 5.92. The summed E-state index contributed by atoms with van der Waals surface area (Å²) in [6.07, 6.45) is 4.61. The lowest BCUT2D eigenvalue weighted by Crippen LogP contribution is -2.44. The molecule has 1 aliphatic heterocycles. The van der Waals surface area contributed by atoms with E-state index in [9.17, 15) is 4.79 Å². The zero-order valence-corrected chi connectivity index (χ0v) is 9.75. The zero-order chi connectivity index (χ0) is 10.6. The summed E-state index contributed by atoms with van der Waals surface area (Å²) >= 11 is 0. The molecule has 1 fully saturated rings. The molecule has 0 aromatic heterocycles. The van der Waals surface area contributed by atoms with Gasteiger partial charge in [-0.1, -0.05) is 26.7 Å². The fourth-order valence-corrected chi connectivity index (χ4v) is 2.13. The predicted molar refractivity (Wildman–Crippen MR) is 59.3 cm³/mol. The number of ketones is 1. The van der Waals surface area contributed by atoms with Gasteiger partial charge in [0.05, 0.1) is 0 Å². The molecule has 2 nitrogen and oxygen atoms in total. The fraction of sp³-hybridized carbons (Fsp3) is 0.917. The van der Waals surface area contributed by atoms with Gasteiger partial charge in [-0.15, -0.1) is 0 Å². The number of hydrogen-bond acceptors (Lipinski definition) is 2. The number of rotatable bonds is 4. The van der Waals surface area contributed by atoms with Crippen molar-refractivity contribution in [2.24, 2.45) is 5.92 Å². The summed E-state index contributed by atoms with van der Waals surface area (Å²) in [4.78, 5) is 13.8. The summed E-state index contributed by atoms with van der Waals surface area (Å²) in [5.41, 5.74) is 0. The molecule has 1 aliphatic rings. The first-order chi connectivity index (χ1) is 6.65. The molecule has 1 rings (SSSR count). The Balaban J connectivity index is 2.34. The van der Waals surface area contributed by atoms with Crippen molar-refractivity contribution in [3.8, 4) is 0 Å². The van der Waals surface area contributed by atoms with Crippen LogP contribution >= 0.6 is 0 Å². The third-order valence-electron chi connectivity index (χ3n) is 3.30. The number of Topliss-reactive ketones (excluding diaryl/α,β-unsaturated/α-hetero) is 1. The van der Waals surface area contributed by atoms with Crippen LogP contribution < -0.4 is 0 Å². The smallest absolute Gasteiger partial charge is 0.138 e. The second-order valence-corrected chi connectivity index (χ2v) is 4.60. The van der Waals surface area contributed by atoms with Crippen molar-refractivity contribution in [2.45, 2.75) is 52.5 Å². The average molecular weight is 197 g/mol. The van der Waals surface area contributed by atoms with E-state index in [2.05, 4.69) is 25.7 Å². The van der Waals surface area contributed by atoms with Gasteiger partial charge in [-0.2, -0.15) is 0 Å². The van der Waals surface area contributed by atoms with E-state index in [1.54, 1.807) is 0 Å². The SMILES string of the molecule is CCCCC(C)N1CCC(=O)C(C)C1. The van der Waals surface area contributed by atoms with Crippen molar-refractivity contribution < 1.29 is 4.79 Å². The molecule has 0 N–H and O–H groups in total. The molecule has 0 aromatic carbocycles. The highest BCUT2D eigenvalue weighted by molar-refractivity contribution is 5.81. The summed E-state index contributed by atoms with van der Waals surface area (Å²) in [7, 11) is 0. The Bertz CT molecular complexity index is 191. The van der Waals surface area contributed by atoms with Crippen LogP contribution in [0.15, 0.2) is 0 Å². The quantitative estimate of drug-likeness (QED) is 0.690. The molecule has 1 heterocycles. The number of likely N-dealkylation sites (tertiary alicyclic amines) is 1. The number of unbranched alkanes of at least 4 members (excludes halogenated alkanes) is 1. The standard InChI is InChI=1S/C12H23NO/c1-4-5-6-11(3)13-8-7-12(14)10(2)9-13/h10-11H,4-9H2,1-3H3. The van der Waals surface area contributed by atoms with E-state index < -0.39 is 0 Å². The van der Waals surface area contributed by atoms with Crippen LogP contribution in [-0.4, -0.2) is 29.8 Å². The molecule has 2 heteroatoms. The van der Waals surface area contributed by atoms with Gasteiger partial charge in [0.2, 0.25) is 0 Å². The first kappa shape index (κ1) is 11.7. The summed E-state index contributed by atoms with van der Waals surface area (Å²) < 4.78 is 0. The highest BCUT2D eigenvalue weighted by atomic mass is 16.1. The van der Waals surface area contributed by atoms with Crippen LogP contribution in [0.2, 0.25) is 0 Å². The molecule has 2 unspecified atom stereocenters. The Labute approximate surface area is 87.7 Å². The number of hydrogen-bond donors (Lipinski definition) is 0. The van der Waals surface area contributed by atoms with Crippen molar-refractivity contribution in [3.05, 3.63) is 0 Å². The lowest BCUT2D eigenvalue weighted by molar-refractivity contribution is -0.126. The second-order valence-electron chi connectivity index (χ2n) is 4.60. The Hall–Kier alpha value is -0.370. The minimum Gasteiger partial charge on any atom is -0.300 e. The van der Waals surface area contributed by atoms with E-state index in [0.717, 1.165) is 19.5 Å². The number of carbonyl (C=O) groups is 1. The van der Waals surface area contributed by atoms with Gasteiger partial charge in [0.1, 0.15) is 5.78 Å². The van der Waals surface area contributed by atoms with Gasteiger partial charge in [0, 0.05) is 31.5 Å². The van der Waals surface area contributed by atoms with E-state index >= 15 is 0 Å². The van der Waals surface area contributed by atoms with Crippen molar-refractivity contribution in [1.82, 2.24) is 4.90 Å². The van der Waals surface area contributed by atoms with Gasteiger partial charge in [-0.05, 0) is 13.3 Å². The fourth-order valence-electron chi connectivity index (χ4n) is 2.13. The van der Waals surface area contributed by atoms with Gasteiger partial charge in [-0.3, -0.25) is 9.69 Å². The van der Waals surface area contributed by atoms with E-state index in [-0.39, 0.29) is 5.92 Å². The van der Waals surface area contributed by atoms with Crippen molar-refractivity contribution in [1.29, 1.82) is 0 Å². The maximum absolute atomic E-state index is 11.3. The van der Waals surface area contributed by atoms with Gasteiger partial charge in [-0.25, -0.2) is 0 Å². The van der Waals surface area contributed by atoms with Crippen LogP contribution in [0, 0.1) is 5.92 Å². The van der Waals surface area contributed by atoms with Gasteiger partial charge < -0.3 is 0 Å². The predicted octanol–water partition coefficient (Wildman–Crippen LogP) is 2.48. The molecule has 0 saturated carbocycles. The molecule has 82 valence electrons. The monoisotopic (exact) mass is 197 g/mol. The average Bonchev–Trinajstić information content (AvgIpc) is 2.18. The lowest BCUT2D eigenvalue weighted by atomic mass is 9.96. The van der Waals surface area contributed by atoms with Gasteiger partial charge in [0.25, 0.3) is 0 Å². The molecular weight excluding hydrogens is 174 g/mol. The third kappa shape index (κ3) is 3.09. The highest BCUT2D eigenvalue weighted by Crippen LogP contribution is 2.17. The number of nitrogens with zero attached hydrogens (tertiary/aromatic N) is 1. The molecule has 0 aromatic rings. The minimum atomic E-state index is 0.257. The highest BCUT2D eigenvalue weighted by Gasteiger charge is 2.25. The Morgan fingerprint density at radius 2 is 2.29 bits per heavy atom. The topological polar surface area (TPSA) is 20.3 Å². The van der Waals surface area contributed by atoms with Crippen molar-refractivity contribution in [3.63, 3.8) is 0 Å². The third-order valence-corrected chi connectivity index (χ3v) is 3.30. The number of carbonyl (C=O) groups excluding carboxylic acids is 1.